The monoisotopic (exact) mass is 358 g/mol. The molecule has 0 saturated carbocycles. The van der Waals surface area contributed by atoms with Crippen molar-refractivity contribution in [2.24, 2.45) is 5.92 Å². The molecule has 0 saturated heterocycles. The molecule has 0 amide bonds. The predicted octanol–water partition coefficient (Wildman–Crippen LogP) is 1.47. The summed E-state index contributed by atoms with van der Waals surface area (Å²) in [6, 6.07) is 5.84. The summed E-state index contributed by atoms with van der Waals surface area (Å²) >= 11 is 0. The van der Waals surface area contributed by atoms with Gasteiger partial charge in [0.2, 0.25) is 5.66 Å². The fourth-order valence-corrected chi connectivity index (χ4v) is 3.00. The van der Waals surface area contributed by atoms with Crippen LogP contribution in [-0.4, -0.2) is 50.3 Å². The highest BCUT2D eigenvalue weighted by Crippen LogP contribution is 2.32. The lowest BCUT2D eigenvalue weighted by molar-refractivity contribution is -0.143. The first kappa shape index (κ1) is 19.5. The summed E-state index contributed by atoms with van der Waals surface area (Å²) in [5.74, 6) is -5.15. The second-order valence-electron chi connectivity index (χ2n) is 4.98. The maximum absolute atomic E-state index is 11.5. The van der Waals surface area contributed by atoms with E-state index in [-0.39, 0.29) is 24.2 Å². The Morgan fingerprint density at radius 1 is 1.12 bits per heavy atom. The van der Waals surface area contributed by atoms with Gasteiger partial charge in [0.1, 0.15) is 5.92 Å². The van der Waals surface area contributed by atoms with Gasteiger partial charge in [-0.15, -0.1) is 0 Å². The highest BCUT2D eigenvalue weighted by atomic mass is 31.1. The molecule has 3 atom stereocenters. The number of carboxylic acids is 3. The van der Waals surface area contributed by atoms with Crippen molar-refractivity contribution in [1.82, 2.24) is 0 Å². The third-order valence-corrected chi connectivity index (χ3v) is 4.50. The molecule has 1 aromatic rings. The van der Waals surface area contributed by atoms with E-state index in [1.54, 1.807) is 6.07 Å². The molecule has 0 heterocycles. The van der Waals surface area contributed by atoms with Crippen molar-refractivity contribution < 1.29 is 39.2 Å². The van der Waals surface area contributed by atoms with Crippen LogP contribution in [0.5, 0.6) is 0 Å². The summed E-state index contributed by atoms with van der Waals surface area (Å²) in [5, 5.41) is 29.6. The minimum atomic E-state index is -2.92. The smallest absolute Gasteiger partial charge is 0.481 e. The Bertz CT molecular complexity index is 647. The third kappa shape index (κ3) is 5.60. The van der Waals surface area contributed by atoms with Gasteiger partial charge in [-0.05, 0) is 23.1 Å². The van der Waals surface area contributed by atoms with Crippen molar-refractivity contribution >= 4 is 31.6 Å². The van der Waals surface area contributed by atoms with E-state index in [0.29, 0.717) is 0 Å². The van der Waals surface area contributed by atoms with Crippen molar-refractivity contribution in [1.29, 1.82) is 0 Å². The van der Waals surface area contributed by atoms with Gasteiger partial charge in [-0.1, -0.05) is 12.1 Å². The second-order valence-corrected chi connectivity index (χ2v) is 6.25. The van der Waals surface area contributed by atoms with Gasteiger partial charge in [-0.25, -0.2) is 4.79 Å². The molecule has 9 nitrogen and oxygen atoms in total. The van der Waals surface area contributed by atoms with Gasteiger partial charge in [-0.3, -0.25) is 9.59 Å². The minimum Gasteiger partial charge on any atom is -0.481 e. The van der Waals surface area contributed by atoms with Crippen LogP contribution in [0.1, 0.15) is 23.2 Å². The normalized spacial score (nSPS) is 13.6. The lowest BCUT2D eigenvalue weighted by Gasteiger charge is -2.16. The van der Waals surface area contributed by atoms with Crippen LogP contribution in [0.25, 0.3) is 0 Å². The van der Waals surface area contributed by atoms with Gasteiger partial charge in [0.15, 0.2) is 0 Å². The van der Waals surface area contributed by atoms with Crippen molar-refractivity contribution in [3.05, 3.63) is 29.8 Å². The molecule has 1 aromatic carbocycles. The number of hydrogen-bond acceptors (Lipinski definition) is 5. The van der Waals surface area contributed by atoms with Crippen LogP contribution in [0.4, 0.5) is 5.69 Å². The number of benzene rings is 1. The zero-order valence-corrected chi connectivity index (χ0v) is 13.3. The molecule has 3 unspecified atom stereocenters. The van der Waals surface area contributed by atoms with Crippen molar-refractivity contribution in [2.45, 2.75) is 18.5 Å². The fraction of sp³-hybridized carbons (Fsp3) is 0.357. The molecule has 24 heavy (non-hydrogen) atoms. The Kier molecular flexibility index (Phi) is 7.29. The number of nitrogens with one attached hydrogen (secondary N) is 1. The molecule has 0 bridgehead atoms. The zero-order valence-electron chi connectivity index (χ0n) is 12.5. The second kappa shape index (κ2) is 8.95. The largest absolute Gasteiger partial charge is 0.511 e. The molecule has 1 rings (SSSR count). The van der Waals surface area contributed by atoms with E-state index in [9.17, 15) is 28.9 Å². The fourth-order valence-electron chi connectivity index (χ4n) is 2.17. The quantitative estimate of drug-likeness (QED) is 0.390. The number of aromatic carboxylic acids is 1. The van der Waals surface area contributed by atoms with Gasteiger partial charge in [0, 0.05) is 12.1 Å². The molecule has 0 spiro atoms. The van der Waals surface area contributed by atoms with Crippen molar-refractivity contribution in [3.8, 4) is 0 Å². The van der Waals surface area contributed by atoms with Crippen LogP contribution in [0, 0.1) is 5.92 Å². The van der Waals surface area contributed by atoms with Crippen LogP contribution in [0.15, 0.2) is 24.3 Å². The number of aliphatic carboxylic acids is 2. The molecule has 0 aliphatic carbocycles. The van der Waals surface area contributed by atoms with Gasteiger partial charge >= 0.3 is 25.9 Å². The maximum Gasteiger partial charge on any atom is 0.511 e. The van der Waals surface area contributed by atoms with E-state index < -0.39 is 43.9 Å². The standard InChI is InChI=1S/C14H16NO8P/c16-12(17)6-5-9(14(20)21)11(24(22)23)7-15-10-4-2-1-3-8(10)13(18)19/h1-4,9,11,15H,5-7H2,(H3-,16,17,18,19,20,21,22,23)/p+1. The van der Waals surface area contributed by atoms with E-state index >= 15 is 0 Å². The van der Waals surface area contributed by atoms with E-state index in [2.05, 4.69) is 5.32 Å². The Morgan fingerprint density at radius 2 is 1.75 bits per heavy atom. The molecule has 130 valence electrons. The summed E-state index contributed by atoms with van der Waals surface area (Å²) in [5.41, 5.74) is -1.16. The summed E-state index contributed by atoms with van der Waals surface area (Å²) < 4.78 is 11.5. The lowest BCUT2D eigenvalue weighted by Crippen LogP contribution is -2.32. The number of carboxylic acid groups (broad SMARTS) is 3. The number of carbonyl (C=O) groups is 3. The molecule has 10 heteroatoms. The van der Waals surface area contributed by atoms with Gasteiger partial charge in [0.25, 0.3) is 0 Å². The van der Waals surface area contributed by atoms with Gasteiger partial charge < -0.3 is 20.6 Å². The number of anilines is 1. The molecule has 0 aliphatic heterocycles. The number of hydrogen-bond donors (Lipinski definition) is 5. The maximum atomic E-state index is 11.5. The molecule has 0 aliphatic rings. The SMILES string of the molecule is O=C(O)CCC(C(=O)O)C(CNc1ccccc1C(=O)O)[P+](=O)O. The molecule has 5 N–H and O–H groups in total. The third-order valence-electron chi connectivity index (χ3n) is 3.39. The Morgan fingerprint density at radius 3 is 2.25 bits per heavy atom. The lowest BCUT2D eigenvalue weighted by atomic mass is 9.98. The molecular formula is C14H17NO8P+. The van der Waals surface area contributed by atoms with E-state index in [0.717, 1.165) is 0 Å². The van der Waals surface area contributed by atoms with Crippen molar-refractivity contribution in [2.75, 3.05) is 11.9 Å². The van der Waals surface area contributed by atoms with Crippen LogP contribution in [0.3, 0.4) is 0 Å². The van der Waals surface area contributed by atoms with E-state index in [1.807, 2.05) is 0 Å². The number of rotatable bonds is 10. The molecule has 0 fully saturated rings. The van der Waals surface area contributed by atoms with Gasteiger partial charge in [-0.2, -0.15) is 4.89 Å². The first-order valence-corrected chi connectivity index (χ1v) is 8.18. The molecule has 0 radical (unpaired) electrons. The van der Waals surface area contributed by atoms with Crippen LogP contribution in [0.2, 0.25) is 0 Å². The highest BCUT2D eigenvalue weighted by Gasteiger charge is 2.42. The Balaban J connectivity index is 2.93. The zero-order chi connectivity index (χ0) is 18.3. The first-order valence-electron chi connectivity index (χ1n) is 6.90. The van der Waals surface area contributed by atoms with Crippen LogP contribution >= 0.6 is 8.03 Å². The van der Waals surface area contributed by atoms with E-state index in [4.69, 9.17) is 10.2 Å². The average Bonchev–Trinajstić information content (AvgIpc) is 2.49. The summed E-state index contributed by atoms with van der Waals surface area (Å²) in [4.78, 5) is 42.4. The Labute approximate surface area is 137 Å². The molecular weight excluding hydrogens is 341 g/mol. The number of para-hydroxylation sites is 1. The minimum absolute atomic E-state index is 0.0678. The molecule has 0 aromatic heterocycles. The van der Waals surface area contributed by atoms with E-state index in [1.165, 1.54) is 18.2 Å². The highest BCUT2D eigenvalue weighted by molar-refractivity contribution is 7.39. The summed E-state index contributed by atoms with van der Waals surface area (Å²) in [7, 11) is -2.92. The Hall–Kier alpha value is -2.51. The summed E-state index contributed by atoms with van der Waals surface area (Å²) in [6.07, 6.45) is -0.762. The first-order chi connectivity index (χ1) is 11.2. The van der Waals surface area contributed by atoms with Gasteiger partial charge in [0.05, 0.1) is 12.1 Å². The van der Waals surface area contributed by atoms with Crippen LogP contribution < -0.4 is 5.32 Å². The van der Waals surface area contributed by atoms with Crippen LogP contribution in [-0.2, 0) is 14.2 Å². The predicted molar refractivity (Wildman–Crippen MR) is 83.5 cm³/mol. The van der Waals surface area contributed by atoms with Crippen molar-refractivity contribution in [3.63, 3.8) is 0 Å². The summed E-state index contributed by atoms with van der Waals surface area (Å²) in [6.45, 7) is -0.285. The average molecular weight is 358 g/mol. The topological polar surface area (TPSA) is 161 Å².